The molecule has 3 aromatic rings. The van der Waals surface area contributed by atoms with Crippen LogP contribution >= 0.6 is 11.3 Å². The predicted octanol–water partition coefficient (Wildman–Crippen LogP) is 3.84. The smallest absolute Gasteiger partial charge is 0.257 e. The number of hydrogen-bond acceptors (Lipinski definition) is 7. The van der Waals surface area contributed by atoms with Crippen LogP contribution in [0.4, 0.5) is 10.8 Å². The van der Waals surface area contributed by atoms with Gasteiger partial charge in [0, 0.05) is 22.2 Å². The summed E-state index contributed by atoms with van der Waals surface area (Å²) in [6, 6.07) is 11.8. The number of carbonyl (C=O) groups excluding carboxylic acids is 1. The molecule has 1 heterocycles. The number of sulfonamides is 1. The van der Waals surface area contributed by atoms with Gasteiger partial charge < -0.3 is 9.47 Å². The van der Waals surface area contributed by atoms with E-state index in [2.05, 4.69) is 15.0 Å². The molecule has 8 nitrogen and oxygen atoms in total. The van der Waals surface area contributed by atoms with Gasteiger partial charge in [-0.1, -0.05) is 12.1 Å². The van der Waals surface area contributed by atoms with Gasteiger partial charge in [0.05, 0.1) is 25.7 Å². The first-order valence-corrected chi connectivity index (χ1v) is 11.7. The first kappa shape index (κ1) is 21.6. The van der Waals surface area contributed by atoms with E-state index < -0.39 is 10.0 Å². The molecule has 0 aliphatic carbocycles. The fourth-order valence-corrected chi connectivity index (χ4v) is 3.92. The number of hydrogen-bond donors (Lipinski definition) is 2. The van der Waals surface area contributed by atoms with E-state index in [9.17, 15) is 13.2 Å². The minimum absolute atomic E-state index is 0.313. The average molecular weight is 448 g/mol. The van der Waals surface area contributed by atoms with Crippen molar-refractivity contribution in [2.75, 3.05) is 30.0 Å². The SMILES string of the molecule is CCOc1cc(C(=O)Nc2nc(-c3ccc(NS(C)(=O)=O)cc3)cs2)ccc1OC. The van der Waals surface area contributed by atoms with E-state index in [1.165, 1.54) is 11.3 Å². The molecular weight excluding hydrogens is 426 g/mol. The summed E-state index contributed by atoms with van der Waals surface area (Å²) < 4.78 is 35.7. The Morgan fingerprint density at radius 3 is 2.50 bits per heavy atom. The highest BCUT2D eigenvalue weighted by Gasteiger charge is 2.14. The molecule has 2 aromatic carbocycles. The predicted molar refractivity (Wildman–Crippen MR) is 118 cm³/mol. The highest BCUT2D eigenvalue weighted by molar-refractivity contribution is 7.92. The lowest BCUT2D eigenvalue weighted by Crippen LogP contribution is -2.12. The van der Waals surface area contributed by atoms with E-state index in [4.69, 9.17) is 9.47 Å². The van der Waals surface area contributed by atoms with Crippen molar-refractivity contribution >= 4 is 38.1 Å². The molecule has 0 spiro atoms. The summed E-state index contributed by atoms with van der Waals surface area (Å²) in [7, 11) is -1.79. The van der Waals surface area contributed by atoms with E-state index in [1.807, 2.05) is 12.3 Å². The van der Waals surface area contributed by atoms with E-state index in [0.29, 0.717) is 40.2 Å². The lowest BCUT2D eigenvalue weighted by molar-refractivity contribution is 0.102. The van der Waals surface area contributed by atoms with Crippen LogP contribution in [0.2, 0.25) is 0 Å². The van der Waals surface area contributed by atoms with E-state index in [1.54, 1.807) is 49.6 Å². The van der Waals surface area contributed by atoms with E-state index in [0.717, 1.165) is 11.8 Å². The molecule has 0 fully saturated rings. The zero-order chi connectivity index (χ0) is 21.7. The maximum absolute atomic E-state index is 12.6. The molecule has 0 radical (unpaired) electrons. The van der Waals surface area contributed by atoms with Crippen molar-refractivity contribution in [1.82, 2.24) is 4.98 Å². The number of ether oxygens (including phenoxy) is 2. The second-order valence-corrected chi connectivity index (χ2v) is 8.85. The molecule has 0 bridgehead atoms. The largest absolute Gasteiger partial charge is 0.493 e. The lowest BCUT2D eigenvalue weighted by atomic mass is 10.1. The molecule has 0 aliphatic rings. The summed E-state index contributed by atoms with van der Waals surface area (Å²) in [5.41, 5.74) is 2.36. The van der Waals surface area contributed by atoms with Crippen LogP contribution in [0.1, 0.15) is 17.3 Å². The van der Waals surface area contributed by atoms with Crippen LogP contribution in [0, 0.1) is 0 Å². The Morgan fingerprint density at radius 2 is 1.87 bits per heavy atom. The molecule has 0 saturated carbocycles. The molecule has 2 N–H and O–H groups in total. The van der Waals surface area contributed by atoms with Crippen LogP contribution in [0.25, 0.3) is 11.3 Å². The number of thiazole rings is 1. The number of methoxy groups -OCH3 is 1. The first-order valence-electron chi connectivity index (χ1n) is 8.95. The molecule has 1 amide bonds. The number of carbonyl (C=O) groups is 1. The topological polar surface area (TPSA) is 107 Å². The Kier molecular flexibility index (Phi) is 6.58. The summed E-state index contributed by atoms with van der Waals surface area (Å²) >= 11 is 1.29. The number of rotatable bonds is 8. The van der Waals surface area contributed by atoms with E-state index in [-0.39, 0.29) is 5.91 Å². The number of nitrogens with zero attached hydrogens (tertiary/aromatic N) is 1. The Balaban J connectivity index is 1.72. The van der Waals surface area contributed by atoms with Gasteiger partial charge in [-0.15, -0.1) is 11.3 Å². The van der Waals surface area contributed by atoms with Gasteiger partial charge in [-0.05, 0) is 37.3 Å². The molecule has 30 heavy (non-hydrogen) atoms. The Labute approximate surface area is 178 Å². The molecule has 0 unspecified atom stereocenters. The third-order valence-electron chi connectivity index (χ3n) is 3.93. The zero-order valence-electron chi connectivity index (χ0n) is 16.6. The third kappa shape index (κ3) is 5.49. The molecule has 0 saturated heterocycles. The van der Waals surface area contributed by atoms with Crippen LogP contribution in [-0.4, -0.2) is 39.3 Å². The number of benzene rings is 2. The van der Waals surface area contributed by atoms with Gasteiger partial charge in [0.15, 0.2) is 16.6 Å². The van der Waals surface area contributed by atoms with Crippen molar-refractivity contribution < 1.29 is 22.7 Å². The molecular formula is C20H21N3O5S2. The molecule has 0 atom stereocenters. The monoisotopic (exact) mass is 447 g/mol. The van der Waals surface area contributed by atoms with Gasteiger partial charge in [-0.2, -0.15) is 0 Å². The van der Waals surface area contributed by atoms with Gasteiger partial charge in [0.1, 0.15) is 0 Å². The molecule has 10 heteroatoms. The van der Waals surface area contributed by atoms with Crippen molar-refractivity contribution in [3.8, 4) is 22.8 Å². The summed E-state index contributed by atoms with van der Waals surface area (Å²) in [6.07, 6.45) is 1.09. The highest BCUT2D eigenvalue weighted by Crippen LogP contribution is 2.29. The van der Waals surface area contributed by atoms with Crippen molar-refractivity contribution in [3.63, 3.8) is 0 Å². The van der Waals surface area contributed by atoms with Gasteiger partial charge in [0.25, 0.3) is 5.91 Å². The van der Waals surface area contributed by atoms with Crippen LogP contribution in [-0.2, 0) is 10.0 Å². The summed E-state index contributed by atoms with van der Waals surface area (Å²) in [5, 5.41) is 5.04. The molecule has 158 valence electrons. The normalized spacial score (nSPS) is 11.0. The van der Waals surface area contributed by atoms with Gasteiger partial charge >= 0.3 is 0 Å². The summed E-state index contributed by atoms with van der Waals surface area (Å²) in [5.74, 6) is 0.737. The van der Waals surface area contributed by atoms with Crippen LogP contribution in [0.5, 0.6) is 11.5 Å². The number of anilines is 2. The van der Waals surface area contributed by atoms with Crippen molar-refractivity contribution in [3.05, 3.63) is 53.4 Å². The number of nitrogens with one attached hydrogen (secondary N) is 2. The van der Waals surface area contributed by atoms with Crippen molar-refractivity contribution in [2.45, 2.75) is 6.92 Å². The van der Waals surface area contributed by atoms with Gasteiger partial charge in [0.2, 0.25) is 10.0 Å². The van der Waals surface area contributed by atoms with Gasteiger partial charge in [-0.3, -0.25) is 14.8 Å². The number of aromatic nitrogens is 1. The van der Waals surface area contributed by atoms with Gasteiger partial charge in [-0.25, -0.2) is 13.4 Å². The van der Waals surface area contributed by atoms with Crippen LogP contribution in [0.15, 0.2) is 47.8 Å². The van der Waals surface area contributed by atoms with Crippen LogP contribution in [0.3, 0.4) is 0 Å². The second kappa shape index (κ2) is 9.14. The van der Waals surface area contributed by atoms with Crippen molar-refractivity contribution in [1.29, 1.82) is 0 Å². The first-order chi connectivity index (χ1) is 14.3. The fourth-order valence-electron chi connectivity index (χ4n) is 2.64. The highest BCUT2D eigenvalue weighted by atomic mass is 32.2. The second-order valence-electron chi connectivity index (χ2n) is 6.24. The van der Waals surface area contributed by atoms with Crippen LogP contribution < -0.4 is 19.5 Å². The maximum Gasteiger partial charge on any atom is 0.257 e. The van der Waals surface area contributed by atoms with Crippen molar-refractivity contribution in [2.24, 2.45) is 0 Å². The maximum atomic E-state index is 12.6. The molecule has 1 aromatic heterocycles. The number of amides is 1. The standard InChI is InChI=1S/C20H21N3O5S2/c1-4-28-18-11-14(7-10-17(18)27-2)19(24)22-20-21-16(12-29-20)13-5-8-15(9-6-13)23-30(3,25)26/h5-12,23H,4H2,1-3H3,(H,21,22,24). The minimum atomic E-state index is -3.33. The fraction of sp³-hybridized carbons (Fsp3) is 0.200. The Morgan fingerprint density at radius 1 is 1.13 bits per heavy atom. The minimum Gasteiger partial charge on any atom is -0.493 e. The average Bonchev–Trinajstić information content (AvgIpc) is 3.16. The lowest BCUT2D eigenvalue weighted by Gasteiger charge is -2.10. The van der Waals surface area contributed by atoms with E-state index >= 15 is 0 Å². The Bertz CT molecular complexity index is 1140. The molecule has 3 rings (SSSR count). The quantitative estimate of drug-likeness (QED) is 0.543. The summed E-state index contributed by atoms with van der Waals surface area (Å²) in [4.78, 5) is 17.0. The zero-order valence-corrected chi connectivity index (χ0v) is 18.3. The Hall–Kier alpha value is -3.11. The molecule has 0 aliphatic heterocycles. The summed E-state index contributed by atoms with van der Waals surface area (Å²) in [6.45, 7) is 2.31. The third-order valence-corrected chi connectivity index (χ3v) is 5.30.